The van der Waals surface area contributed by atoms with E-state index in [4.69, 9.17) is 0 Å². The van der Waals surface area contributed by atoms with Gasteiger partial charge in [-0.2, -0.15) is 0 Å². The summed E-state index contributed by atoms with van der Waals surface area (Å²) in [7, 11) is 0. The Labute approximate surface area is 113 Å². The Morgan fingerprint density at radius 1 is 1.32 bits per heavy atom. The second kappa shape index (κ2) is 4.94. The summed E-state index contributed by atoms with van der Waals surface area (Å²) < 4.78 is 0. The number of amides is 2. The highest BCUT2D eigenvalue weighted by Crippen LogP contribution is 2.36. The van der Waals surface area contributed by atoms with Crippen molar-refractivity contribution in [2.24, 2.45) is 17.3 Å². The maximum absolute atomic E-state index is 12.1. The lowest BCUT2D eigenvalue weighted by Gasteiger charge is -2.31. The van der Waals surface area contributed by atoms with Gasteiger partial charge in [0.2, 0.25) is 11.8 Å². The topological polar surface area (TPSA) is 74.7 Å². The molecule has 5 heteroatoms. The number of imide groups is 1. The normalized spacial score (nSPS) is 30.7. The van der Waals surface area contributed by atoms with Gasteiger partial charge in [0.05, 0.1) is 11.3 Å². The summed E-state index contributed by atoms with van der Waals surface area (Å²) >= 11 is 0. The van der Waals surface area contributed by atoms with Gasteiger partial charge in [-0.15, -0.1) is 0 Å². The molecule has 0 radical (unpaired) electrons. The maximum Gasteiger partial charge on any atom is 0.306 e. The molecule has 2 aliphatic rings. The van der Waals surface area contributed by atoms with Crippen molar-refractivity contribution in [2.45, 2.75) is 46.0 Å². The van der Waals surface area contributed by atoms with E-state index >= 15 is 0 Å². The predicted octanol–water partition coefficient (Wildman–Crippen LogP) is 1.66. The van der Waals surface area contributed by atoms with Crippen molar-refractivity contribution in [1.82, 2.24) is 4.90 Å². The number of rotatable bonds is 3. The fourth-order valence-electron chi connectivity index (χ4n) is 3.20. The molecule has 5 nitrogen and oxygen atoms in total. The smallest absolute Gasteiger partial charge is 0.306 e. The largest absolute Gasteiger partial charge is 0.481 e. The molecule has 2 fully saturated rings. The number of hydrogen-bond acceptors (Lipinski definition) is 3. The van der Waals surface area contributed by atoms with Crippen molar-refractivity contribution < 1.29 is 19.5 Å². The summed E-state index contributed by atoms with van der Waals surface area (Å²) in [4.78, 5) is 36.6. The van der Waals surface area contributed by atoms with Crippen LogP contribution in [0.25, 0.3) is 0 Å². The van der Waals surface area contributed by atoms with E-state index in [1.807, 2.05) is 0 Å². The highest BCUT2D eigenvalue weighted by atomic mass is 16.4. The third kappa shape index (κ3) is 2.65. The van der Waals surface area contributed by atoms with Gasteiger partial charge in [0.15, 0.2) is 0 Å². The van der Waals surface area contributed by atoms with Crippen molar-refractivity contribution in [1.29, 1.82) is 0 Å². The molecule has 1 heterocycles. The molecule has 1 N–H and O–H groups in total. The molecular formula is C14H21NO4. The van der Waals surface area contributed by atoms with E-state index in [9.17, 15) is 19.5 Å². The number of carbonyl (C=O) groups excluding carboxylic acids is 2. The van der Waals surface area contributed by atoms with Crippen LogP contribution in [0.2, 0.25) is 0 Å². The highest BCUT2D eigenvalue weighted by Gasteiger charge is 2.46. The third-order valence-electron chi connectivity index (χ3n) is 4.36. The zero-order chi connectivity index (χ0) is 14.2. The Bertz CT molecular complexity index is 416. The van der Waals surface area contributed by atoms with Crippen molar-refractivity contribution >= 4 is 17.8 Å². The van der Waals surface area contributed by atoms with Gasteiger partial charge in [-0.3, -0.25) is 19.3 Å². The molecule has 0 aromatic rings. The zero-order valence-corrected chi connectivity index (χ0v) is 11.5. The van der Waals surface area contributed by atoms with Crippen LogP contribution in [0, 0.1) is 17.3 Å². The lowest BCUT2D eigenvalue weighted by molar-refractivity contribution is -0.149. The number of likely N-dealkylation sites (tertiary alicyclic amines) is 1. The van der Waals surface area contributed by atoms with Crippen LogP contribution in [0.5, 0.6) is 0 Å². The van der Waals surface area contributed by atoms with Gasteiger partial charge < -0.3 is 5.11 Å². The van der Waals surface area contributed by atoms with Gasteiger partial charge in [-0.05, 0) is 18.8 Å². The molecule has 1 aliphatic heterocycles. The molecule has 1 saturated heterocycles. The average Bonchev–Trinajstić information content (AvgIpc) is 2.52. The van der Waals surface area contributed by atoms with Crippen molar-refractivity contribution in [3.63, 3.8) is 0 Å². The Balaban J connectivity index is 2.09. The monoisotopic (exact) mass is 267 g/mol. The van der Waals surface area contributed by atoms with Gasteiger partial charge in [0.1, 0.15) is 0 Å². The van der Waals surface area contributed by atoms with E-state index in [2.05, 4.69) is 0 Å². The quantitative estimate of drug-likeness (QED) is 0.789. The van der Waals surface area contributed by atoms with Gasteiger partial charge in [0.25, 0.3) is 0 Å². The number of nitrogens with zero attached hydrogens (tertiary/aromatic N) is 1. The number of carboxylic acid groups (broad SMARTS) is 1. The highest BCUT2D eigenvalue weighted by molar-refractivity contribution is 6.05. The first-order valence-electron chi connectivity index (χ1n) is 6.90. The SMILES string of the molecule is CC1(C)CC(=O)N(CC2CCCCC2C(=O)O)C1=O. The van der Waals surface area contributed by atoms with Crippen LogP contribution >= 0.6 is 0 Å². The molecule has 106 valence electrons. The lowest BCUT2D eigenvalue weighted by Crippen LogP contribution is -2.41. The van der Waals surface area contributed by atoms with Crippen LogP contribution in [0.3, 0.4) is 0 Å². The molecule has 2 amide bonds. The Kier molecular flexibility index (Phi) is 3.65. The van der Waals surface area contributed by atoms with Gasteiger partial charge in [-0.25, -0.2) is 0 Å². The zero-order valence-electron chi connectivity index (χ0n) is 11.5. The lowest BCUT2D eigenvalue weighted by atomic mass is 9.79. The van der Waals surface area contributed by atoms with Gasteiger partial charge in [0, 0.05) is 13.0 Å². The summed E-state index contributed by atoms with van der Waals surface area (Å²) in [5.74, 6) is -1.63. The van der Waals surface area contributed by atoms with Crippen LogP contribution in [-0.2, 0) is 14.4 Å². The average molecular weight is 267 g/mol. The maximum atomic E-state index is 12.1. The van der Waals surface area contributed by atoms with E-state index in [1.54, 1.807) is 13.8 Å². The first kappa shape index (κ1) is 14.0. The van der Waals surface area contributed by atoms with Crippen molar-refractivity contribution in [2.75, 3.05) is 6.54 Å². The van der Waals surface area contributed by atoms with Crippen LogP contribution < -0.4 is 0 Å². The third-order valence-corrected chi connectivity index (χ3v) is 4.36. The Morgan fingerprint density at radius 2 is 1.95 bits per heavy atom. The molecule has 0 spiro atoms. The molecule has 1 aliphatic carbocycles. The van der Waals surface area contributed by atoms with Crippen LogP contribution in [0.1, 0.15) is 46.0 Å². The first-order valence-corrected chi connectivity index (χ1v) is 6.90. The number of aliphatic carboxylic acids is 1. The van der Waals surface area contributed by atoms with Crippen LogP contribution in [0.4, 0.5) is 0 Å². The van der Waals surface area contributed by atoms with E-state index in [1.165, 1.54) is 4.90 Å². The van der Waals surface area contributed by atoms with Crippen molar-refractivity contribution in [3.8, 4) is 0 Å². The number of carboxylic acids is 1. The van der Waals surface area contributed by atoms with Crippen LogP contribution in [-0.4, -0.2) is 34.3 Å². The molecule has 0 bridgehead atoms. The van der Waals surface area contributed by atoms with Crippen LogP contribution in [0.15, 0.2) is 0 Å². The Hall–Kier alpha value is -1.39. The van der Waals surface area contributed by atoms with E-state index in [-0.39, 0.29) is 30.7 Å². The summed E-state index contributed by atoms with van der Waals surface area (Å²) in [6.45, 7) is 3.81. The molecule has 2 rings (SSSR count). The Morgan fingerprint density at radius 3 is 2.47 bits per heavy atom. The van der Waals surface area contributed by atoms with E-state index in [0.717, 1.165) is 19.3 Å². The van der Waals surface area contributed by atoms with Gasteiger partial charge in [-0.1, -0.05) is 26.7 Å². The summed E-state index contributed by atoms with van der Waals surface area (Å²) in [5, 5.41) is 9.23. The van der Waals surface area contributed by atoms with E-state index in [0.29, 0.717) is 6.42 Å². The summed E-state index contributed by atoms with van der Waals surface area (Å²) in [5.41, 5.74) is -0.634. The minimum absolute atomic E-state index is 0.0898. The predicted molar refractivity (Wildman–Crippen MR) is 68.2 cm³/mol. The van der Waals surface area contributed by atoms with Crippen molar-refractivity contribution in [3.05, 3.63) is 0 Å². The molecular weight excluding hydrogens is 246 g/mol. The minimum Gasteiger partial charge on any atom is -0.481 e. The number of carbonyl (C=O) groups is 3. The standard InChI is InChI=1S/C14H21NO4/c1-14(2)7-11(16)15(13(14)19)8-9-5-3-4-6-10(9)12(17)18/h9-10H,3-8H2,1-2H3,(H,17,18). The molecule has 1 saturated carbocycles. The molecule has 19 heavy (non-hydrogen) atoms. The number of hydrogen-bond donors (Lipinski definition) is 1. The molecule has 2 unspecified atom stereocenters. The summed E-state index contributed by atoms with van der Waals surface area (Å²) in [6, 6.07) is 0. The molecule has 2 atom stereocenters. The second-order valence-corrected chi connectivity index (χ2v) is 6.36. The minimum atomic E-state index is -0.803. The molecule has 0 aromatic carbocycles. The second-order valence-electron chi connectivity index (χ2n) is 6.36. The fraction of sp³-hybridized carbons (Fsp3) is 0.786. The first-order chi connectivity index (χ1) is 8.83. The summed E-state index contributed by atoms with van der Waals surface area (Å²) in [6.07, 6.45) is 3.57. The molecule has 0 aromatic heterocycles. The fourth-order valence-corrected chi connectivity index (χ4v) is 3.20. The van der Waals surface area contributed by atoms with Gasteiger partial charge >= 0.3 is 5.97 Å². The van der Waals surface area contributed by atoms with E-state index < -0.39 is 17.3 Å².